The van der Waals surface area contributed by atoms with E-state index in [1.54, 1.807) is 6.92 Å². The zero-order valence-corrected chi connectivity index (χ0v) is 12.3. The maximum Gasteiger partial charge on any atom is 0.349 e. The largest absolute Gasteiger partial charge is 0.504 e. The molecule has 0 saturated heterocycles. The molecule has 0 amide bonds. The lowest BCUT2D eigenvalue weighted by Crippen LogP contribution is -2.19. The molecule has 0 radical (unpaired) electrons. The Kier molecular flexibility index (Phi) is 6.12. The van der Waals surface area contributed by atoms with Gasteiger partial charge in [-0.05, 0) is 32.0 Å². The number of esters is 3. The lowest BCUT2D eigenvalue weighted by atomic mass is 10.2. The van der Waals surface area contributed by atoms with Crippen LogP contribution in [0.1, 0.15) is 24.2 Å². The van der Waals surface area contributed by atoms with E-state index in [1.165, 1.54) is 19.1 Å². The molecule has 0 spiro atoms. The van der Waals surface area contributed by atoms with Crippen molar-refractivity contribution in [1.29, 1.82) is 0 Å². The Labute approximate surface area is 127 Å². The van der Waals surface area contributed by atoms with Gasteiger partial charge in [-0.15, -0.1) is 0 Å². The predicted octanol–water partition coefficient (Wildman–Crippen LogP) is 1.59. The molecule has 1 N–H and O–H groups in total. The first-order chi connectivity index (χ1) is 10.3. The van der Waals surface area contributed by atoms with E-state index < -0.39 is 24.5 Å². The molecule has 1 aromatic carbocycles. The minimum Gasteiger partial charge on any atom is -0.504 e. The molecule has 1 rings (SSSR count). The number of phenols is 1. The van der Waals surface area contributed by atoms with Gasteiger partial charge in [0.05, 0.1) is 12.2 Å². The van der Waals surface area contributed by atoms with Crippen molar-refractivity contribution < 1.29 is 33.7 Å². The van der Waals surface area contributed by atoms with Gasteiger partial charge >= 0.3 is 17.9 Å². The zero-order chi connectivity index (χ0) is 16.7. The lowest BCUT2D eigenvalue weighted by molar-refractivity contribution is -0.150. The summed E-state index contributed by atoms with van der Waals surface area (Å²) in [6.07, 6.45) is 0. The van der Waals surface area contributed by atoms with E-state index in [1.807, 2.05) is 0 Å². The van der Waals surface area contributed by atoms with Gasteiger partial charge in [-0.25, -0.2) is 14.4 Å². The van der Waals surface area contributed by atoms with Crippen molar-refractivity contribution in [3.05, 3.63) is 35.9 Å². The summed E-state index contributed by atoms with van der Waals surface area (Å²) in [5, 5.41) is 9.61. The maximum atomic E-state index is 11.6. The number of ether oxygens (including phenoxy) is 3. The molecular formula is C15H16O7. The highest BCUT2D eigenvalue weighted by molar-refractivity contribution is 5.91. The maximum absolute atomic E-state index is 11.6. The Balaban J connectivity index is 2.73. The summed E-state index contributed by atoms with van der Waals surface area (Å²) in [4.78, 5) is 34.2. The zero-order valence-electron chi connectivity index (χ0n) is 12.3. The third kappa shape index (κ3) is 4.93. The molecule has 0 unspecified atom stereocenters. The van der Waals surface area contributed by atoms with Crippen molar-refractivity contribution in [3.63, 3.8) is 0 Å². The minimum absolute atomic E-state index is 0.112. The number of carbonyl (C=O) groups is 3. The van der Waals surface area contributed by atoms with Gasteiger partial charge in [-0.1, -0.05) is 6.58 Å². The van der Waals surface area contributed by atoms with Gasteiger partial charge in [0.1, 0.15) is 0 Å². The smallest absolute Gasteiger partial charge is 0.349 e. The first-order valence-corrected chi connectivity index (χ1v) is 6.38. The van der Waals surface area contributed by atoms with Crippen LogP contribution in [0.5, 0.6) is 11.5 Å². The summed E-state index contributed by atoms with van der Waals surface area (Å²) in [5.74, 6) is -2.84. The fraction of sp³-hybridized carbons (Fsp3) is 0.267. The molecule has 7 heteroatoms. The summed E-state index contributed by atoms with van der Waals surface area (Å²) in [7, 11) is 0. The molecule has 0 heterocycles. The van der Waals surface area contributed by atoms with Crippen molar-refractivity contribution in [1.82, 2.24) is 0 Å². The van der Waals surface area contributed by atoms with Crippen LogP contribution in [-0.2, 0) is 19.1 Å². The Morgan fingerprint density at radius 2 is 1.91 bits per heavy atom. The van der Waals surface area contributed by atoms with Crippen LogP contribution in [0.2, 0.25) is 0 Å². The summed E-state index contributed by atoms with van der Waals surface area (Å²) in [6, 6.07) is 3.67. The van der Waals surface area contributed by atoms with Crippen LogP contribution in [0.25, 0.3) is 0 Å². The quantitative estimate of drug-likeness (QED) is 0.484. The fourth-order valence-electron chi connectivity index (χ4n) is 1.34. The Bertz CT molecular complexity index is 604. The highest BCUT2D eigenvalue weighted by atomic mass is 16.6. The first-order valence-electron chi connectivity index (χ1n) is 6.38. The normalized spacial score (nSPS) is 9.73. The molecule has 1 aromatic rings. The van der Waals surface area contributed by atoms with Crippen molar-refractivity contribution in [2.75, 3.05) is 13.2 Å². The van der Waals surface area contributed by atoms with Gasteiger partial charge in [0, 0.05) is 5.57 Å². The number of carbonyl (C=O) groups excluding carboxylic acids is 3. The second kappa shape index (κ2) is 7.82. The lowest BCUT2D eigenvalue weighted by Gasteiger charge is -2.09. The van der Waals surface area contributed by atoms with Gasteiger partial charge in [0.15, 0.2) is 18.1 Å². The SMILES string of the molecule is C=C(C)C(=O)OCC(=O)Oc1cc(C(=O)OCC)ccc1O. The molecule has 7 nitrogen and oxygen atoms in total. The topological polar surface area (TPSA) is 99.1 Å². The van der Waals surface area contributed by atoms with E-state index in [0.717, 1.165) is 6.07 Å². The summed E-state index contributed by atoms with van der Waals surface area (Å²) < 4.78 is 14.2. The average Bonchev–Trinajstić information content (AvgIpc) is 2.47. The Morgan fingerprint density at radius 3 is 2.50 bits per heavy atom. The third-order valence-electron chi connectivity index (χ3n) is 2.36. The van der Waals surface area contributed by atoms with Crippen LogP contribution >= 0.6 is 0 Å². The summed E-state index contributed by atoms with van der Waals surface area (Å²) >= 11 is 0. The van der Waals surface area contributed by atoms with E-state index in [0.29, 0.717) is 0 Å². The number of rotatable bonds is 6. The van der Waals surface area contributed by atoms with E-state index in [4.69, 9.17) is 9.47 Å². The van der Waals surface area contributed by atoms with Crippen LogP contribution in [0.4, 0.5) is 0 Å². The molecule has 0 bridgehead atoms. The van der Waals surface area contributed by atoms with Gasteiger partial charge in [0.25, 0.3) is 0 Å². The molecule has 0 aliphatic heterocycles. The number of hydrogen-bond donors (Lipinski definition) is 1. The highest BCUT2D eigenvalue weighted by Gasteiger charge is 2.15. The van der Waals surface area contributed by atoms with Gasteiger partial charge in [-0.3, -0.25) is 0 Å². The van der Waals surface area contributed by atoms with Crippen molar-refractivity contribution in [2.24, 2.45) is 0 Å². The first kappa shape index (κ1) is 17.2. The third-order valence-corrected chi connectivity index (χ3v) is 2.36. The van der Waals surface area contributed by atoms with E-state index in [9.17, 15) is 19.5 Å². The molecule has 22 heavy (non-hydrogen) atoms. The van der Waals surface area contributed by atoms with Gasteiger partial charge in [0.2, 0.25) is 0 Å². The monoisotopic (exact) mass is 308 g/mol. The van der Waals surface area contributed by atoms with E-state index in [-0.39, 0.29) is 29.2 Å². The van der Waals surface area contributed by atoms with Gasteiger partial charge < -0.3 is 19.3 Å². The van der Waals surface area contributed by atoms with Crippen LogP contribution in [-0.4, -0.2) is 36.2 Å². The van der Waals surface area contributed by atoms with Crippen LogP contribution in [0, 0.1) is 0 Å². The predicted molar refractivity (Wildman–Crippen MR) is 75.5 cm³/mol. The molecular weight excluding hydrogens is 292 g/mol. The second-order valence-corrected chi connectivity index (χ2v) is 4.23. The number of phenolic OH excluding ortho intramolecular Hbond substituents is 1. The summed E-state index contributed by atoms with van der Waals surface area (Å²) in [5.41, 5.74) is 0.251. The van der Waals surface area contributed by atoms with Crippen molar-refractivity contribution in [2.45, 2.75) is 13.8 Å². The highest BCUT2D eigenvalue weighted by Crippen LogP contribution is 2.27. The second-order valence-electron chi connectivity index (χ2n) is 4.23. The average molecular weight is 308 g/mol. The van der Waals surface area contributed by atoms with Crippen LogP contribution in [0.3, 0.4) is 0 Å². The van der Waals surface area contributed by atoms with Crippen LogP contribution < -0.4 is 4.74 Å². The number of benzene rings is 1. The number of aromatic hydroxyl groups is 1. The van der Waals surface area contributed by atoms with Gasteiger partial charge in [-0.2, -0.15) is 0 Å². The number of hydrogen-bond acceptors (Lipinski definition) is 7. The molecule has 0 aliphatic rings. The van der Waals surface area contributed by atoms with E-state index in [2.05, 4.69) is 11.3 Å². The minimum atomic E-state index is -0.911. The molecule has 0 aromatic heterocycles. The van der Waals surface area contributed by atoms with E-state index >= 15 is 0 Å². The van der Waals surface area contributed by atoms with Crippen molar-refractivity contribution in [3.8, 4) is 11.5 Å². The van der Waals surface area contributed by atoms with Crippen molar-refractivity contribution >= 4 is 17.9 Å². The molecule has 0 aliphatic carbocycles. The Hall–Kier alpha value is -2.83. The molecule has 0 fully saturated rings. The van der Waals surface area contributed by atoms with Crippen LogP contribution in [0.15, 0.2) is 30.4 Å². The molecule has 118 valence electrons. The molecule has 0 saturated carbocycles. The molecule has 0 atom stereocenters. The summed E-state index contributed by atoms with van der Waals surface area (Å²) in [6.45, 7) is 5.98. The fourth-order valence-corrected chi connectivity index (χ4v) is 1.34. The Morgan fingerprint density at radius 1 is 1.23 bits per heavy atom. The standard InChI is InChI=1S/C15H16O7/c1-4-20-15(19)10-5-6-11(16)12(7-10)22-13(17)8-21-14(18)9(2)3/h5-7,16H,2,4,8H2,1,3H3.